The lowest BCUT2D eigenvalue weighted by Crippen LogP contribution is -2.05. The van der Waals surface area contributed by atoms with Gasteiger partial charge in [0, 0.05) is 23.5 Å². The van der Waals surface area contributed by atoms with E-state index in [1.807, 2.05) is 19.2 Å². The number of hydrogen-bond acceptors (Lipinski definition) is 4. The number of anilines is 1. The summed E-state index contributed by atoms with van der Waals surface area (Å²) in [5.41, 5.74) is 3.25. The number of nitrogens with zero attached hydrogens (tertiary/aromatic N) is 3. The van der Waals surface area contributed by atoms with Crippen LogP contribution in [0.25, 0.3) is 0 Å². The Morgan fingerprint density at radius 1 is 1.44 bits per heavy atom. The number of halogens is 1. The van der Waals surface area contributed by atoms with Gasteiger partial charge in [0.05, 0.1) is 18.4 Å². The Hall–Kier alpha value is -1.20. The lowest BCUT2D eigenvalue weighted by Gasteiger charge is -2.09. The van der Waals surface area contributed by atoms with Gasteiger partial charge in [-0.3, -0.25) is 4.68 Å². The van der Waals surface area contributed by atoms with Crippen molar-refractivity contribution in [1.29, 1.82) is 0 Å². The molecule has 1 aromatic carbocycles. The Morgan fingerprint density at radius 3 is 2.94 bits per heavy atom. The van der Waals surface area contributed by atoms with Crippen LogP contribution < -0.4 is 5.32 Å². The number of aryl methyl sites for hydroxylation is 1. The molecular formula is C12H15ClN4S. The second-order valence-electron chi connectivity index (χ2n) is 3.94. The molecule has 0 aliphatic carbocycles. The normalized spacial score (nSPS) is 10.6. The summed E-state index contributed by atoms with van der Waals surface area (Å²) in [6.07, 6.45) is 3.82. The van der Waals surface area contributed by atoms with Crippen molar-refractivity contribution in [3.63, 3.8) is 0 Å². The van der Waals surface area contributed by atoms with Crippen LogP contribution in [0.1, 0.15) is 11.3 Å². The largest absolute Gasteiger partial charge is 0.379 e. The van der Waals surface area contributed by atoms with E-state index in [9.17, 15) is 0 Å². The number of benzene rings is 1. The number of hydrogen-bond donors (Lipinski definition) is 1. The van der Waals surface area contributed by atoms with Crippen molar-refractivity contribution < 1.29 is 0 Å². The van der Waals surface area contributed by atoms with Crippen LogP contribution in [0.4, 0.5) is 5.69 Å². The lowest BCUT2D eigenvalue weighted by molar-refractivity contribution is 0.683. The van der Waals surface area contributed by atoms with Crippen LogP contribution in [-0.4, -0.2) is 21.2 Å². The SMILES string of the molecule is CSCc1cc(NCc2cnnn2C)ccc1Cl. The molecule has 0 aliphatic heterocycles. The Bertz CT molecular complexity index is 527. The molecule has 6 heteroatoms. The van der Waals surface area contributed by atoms with Crippen LogP contribution in [-0.2, 0) is 19.3 Å². The maximum Gasteiger partial charge on any atom is 0.0774 e. The first-order chi connectivity index (χ1) is 8.70. The first-order valence-electron chi connectivity index (χ1n) is 5.55. The fourth-order valence-electron chi connectivity index (χ4n) is 1.61. The summed E-state index contributed by atoms with van der Waals surface area (Å²) in [7, 11) is 1.88. The molecule has 1 aromatic heterocycles. The van der Waals surface area contributed by atoms with Gasteiger partial charge in [0.1, 0.15) is 0 Å². The second kappa shape index (κ2) is 6.11. The van der Waals surface area contributed by atoms with Crippen LogP contribution in [0.5, 0.6) is 0 Å². The van der Waals surface area contributed by atoms with E-state index in [1.165, 1.54) is 0 Å². The highest BCUT2D eigenvalue weighted by molar-refractivity contribution is 7.97. The average molecular weight is 283 g/mol. The molecule has 0 fully saturated rings. The summed E-state index contributed by atoms with van der Waals surface area (Å²) in [4.78, 5) is 0. The van der Waals surface area contributed by atoms with Crippen molar-refractivity contribution in [3.05, 3.63) is 40.7 Å². The minimum atomic E-state index is 0.698. The third-order valence-electron chi connectivity index (χ3n) is 2.63. The van der Waals surface area contributed by atoms with Gasteiger partial charge >= 0.3 is 0 Å². The Labute approximate surface area is 116 Å². The number of rotatable bonds is 5. The lowest BCUT2D eigenvalue weighted by atomic mass is 10.2. The zero-order chi connectivity index (χ0) is 13.0. The number of nitrogens with one attached hydrogen (secondary N) is 1. The monoisotopic (exact) mass is 282 g/mol. The maximum atomic E-state index is 6.13. The predicted molar refractivity (Wildman–Crippen MR) is 77.0 cm³/mol. The molecule has 0 saturated carbocycles. The second-order valence-corrected chi connectivity index (χ2v) is 5.21. The molecular weight excluding hydrogens is 268 g/mol. The van der Waals surface area contributed by atoms with Gasteiger partial charge in [0.2, 0.25) is 0 Å². The van der Waals surface area contributed by atoms with Crippen LogP contribution >= 0.6 is 23.4 Å². The topological polar surface area (TPSA) is 42.7 Å². The van der Waals surface area contributed by atoms with Gasteiger partial charge in [-0.1, -0.05) is 16.8 Å². The van der Waals surface area contributed by atoms with E-state index in [1.54, 1.807) is 22.6 Å². The first-order valence-corrected chi connectivity index (χ1v) is 7.32. The van der Waals surface area contributed by atoms with E-state index in [4.69, 9.17) is 11.6 Å². The van der Waals surface area contributed by atoms with Gasteiger partial charge in [0.25, 0.3) is 0 Å². The zero-order valence-corrected chi connectivity index (χ0v) is 11.9. The van der Waals surface area contributed by atoms with Crippen molar-refractivity contribution in [2.75, 3.05) is 11.6 Å². The molecule has 96 valence electrons. The molecule has 0 radical (unpaired) electrons. The van der Waals surface area contributed by atoms with Crippen molar-refractivity contribution in [3.8, 4) is 0 Å². The first kappa shape index (κ1) is 13.2. The van der Waals surface area contributed by atoms with Crippen LogP contribution in [0.3, 0.4) is 0 Å². The molecule has 0 bridgehead atoms. The zero-order valence-electron chi connectivity index (χ0n) is 10.4. The molecule has 0 saturated heterocycles. The van der Waals surface area contributed by atoms with E-state index in [0.29, 0.717) is 6.54 Å². The third kappa shape index (κ3) is 3.17. The van der Waals surface area contributed by atoms with Crippen molar-refractivity contribution in [1.82, 2.24) is 15.0 Å². The molecule has 1 N–H and O–H groups in total. The molecule has 0 amide bonds. The number of thioether (sulfide) groups is 1. The summed E-state index contributed by atoms with van der Waals surface area (Å²) >= 11 is 7.89. The van der Waals surface area contributed by atoms with E-state index < -0.39 is 0 Å². The molecule has 1 heterocycles. The van der Waals surface area contributed by atoms with Crippen LogP contribution in [0.2, 0.25) is 5.02 Å². The third-order valence-corrected chi connectivity index (χ3v) is 3.60. The van der Waals surface area contributed by atoms with Crippen LogP contribution in [0.15, 0.2) is 24.4 Å². The van der Waals surface area contributed by atoms with Gasteiger partial charge in [0.15, 0.2) is 0 Å². The summed E-state index contributed by atoms with van der Waals surface area (Å²) < 4.78 is 1.76. The Balaban J connectivity index is 2.05. The molecule has 0 unspecified atom stereocenters. The highest BCUT2D eigenvalue weighted by Crippen LogP contribution is 2.24. The van der Waals surface area contributed by atoms with Gasteiger partial charge in [-0.15, -0.1) is 5.10 Å². The summed E-state index contributed by atoms with van der Waals surface area (Å²) in [5.74, 6) is 0.918. The van der Waals surface area contributed by atoms with Crippen molar-refractivity contribution >= 4 is 29.1 Å². The van der Waals surface area contributed by atoms with Crippen molar-refractivity contribution in [2.45, 2.75) is 12.3 Å². The molecule has 18 heavy (non-hydrogen) atoms. The smallest absolute Gasteiger partial charge is 0.0774 e. The highest BCUT2D eigenvalue weighted by Gasteiger charge is 2.03. The minimum Gasteiger partial charge on any atom is -0.379 e. The fourth-order valence-corrected chi connectivity index (χ4v) is 2.43. The van der Waals surface area contributed by atoms with Gasteiger partial charge in [-0.2, -0.15) is 11.8 Å². The molecule has 0 spiro atoms. The van der Waals surface area contributed by atoms with Crippen molar-refractivity contribution in [2.24, 2.45) is 7.05 Å². The standard InChI is InChI=1S/C12H15ClN4S/c1-17-11(7-15-16-17)6-14-10-3-4-12(13)9(5-10)8-18-2/h3-5,7,14H,6,8H2,1-2H3. The summed E-state index contributed by atoms with van der Waals surface area (Å²) in [6, 6.07) is 6.00. The highest BCUT2D eigenvalue weighted by atomic mass is 35.5. The summed E-state index contributed by atoms with van der Waals surface area (Å²) in [5, 5.41) is 11.9. The van der Waals surface area contributed by atoms with E-state index in [2.05, 4.69) is 28.0 Å². The van der Waals surface area contributed by atoms with E-state index >= 15 is 0 Å². The van der Waals surface area contributed by atoms with Gasteiger partial charge in [-0.05, 0) is 30.0 Å². The molecule has 4 nitrogen and oxygen atoms in total. The quantitative estimate of drug-likeness (QED) is 0.916. The molecule has 2 rings (SSSR count). The van der Waals surface area contributed by atoms with Gasteiger partial charge in [-0.25, -0.2) is 0 Å². The van der Waals surface area contributed by atoms with E-state index in [0.717, 1.165) is 27.7 Å². The number of aromatic nitrogens is 3. The summed E-state index contributed by atoms with van der Waals surface area (Å²) in [6.45, 7) is 0.698. The minimum absolute atomic E-state index is 0.698. The van der Waals surface area contributed by atoms with E-state index in [-0.39, 0.29) is 0 Å². The molecule has 2 aromatic rings. The molecule has 0 atom stereocenters. The van der Waals surface area contributed by atoms with Gasteiger partial charge < -0.3 is 5.32 Å². The maximum absolute atomic E-state index is 6.13. The Kier molecular flexibility index (Phi) is 4.49. The molecule has 0 aliphatic rings. The van der Waals surface area contributed by atoms with Crippen LogP contribution in [0, 0.1) is 0 Å². The Morgan fingerprint density at radius 2 is 2.28 bits per heavy atom. The average Bonchev–Trinajstić information content (AvgIpc) is 2.76. The predicted octanol–water partition coefficient (Wildman–Crippen LogP) is 2.94. The fraction of sp³-hybridized carbons (Fsp3) is 0.333.